The molecule has 0 radical (unpaired) electrons. The van der Waals surface area contributed by atoms with Crippen LogP contribution in [0, 0.1) is 22.2 Å². The number of hydrogen-bond acceptors (Lipinski definition) is 2. The molecule has 2 nitrogen and oxygen atoms in total. The second-order valence-corrected chi connectivity index (χ2v) is 18.5. The Morgan fingerprint density at radius 1 is 0.618 bits per heavy atom. The van der Waals surface area contributed by atoms with Crippen LogP contribution in [-0.2, 0) is 0 Å². The Labute approximate surface area is 329 Å². The van der Waals surface area contributed by atoms with Crippen LogP contribution in [0.3, 0.4) is 0 Å². The molecule has 2 aliphatic carbocycles. The van der Waals surface area contributed by atoms with Gasteiger partial charge in [-0.25, -0.2) is 0 Å². The quantitative estimate of drug-likeness (QED) is 0.171. The van der Waals surface area contributed by atoms with E-state index in [1.807, 2.05) is 0 Å². The fourth-order valence-corrected chi connectivity index (χ4v) is 9.55. The Balaban J connectivity index is 1.39. The topological polar surface area (TPSA) is 6.48 Å². The predicted molar refractivity (Wildman–Crippen MR) is 237 cm³/mol. The van der Waals surface area contributed by atoms with E-state index in [0.717, 1.165) is 12.8 Å². The fraction of sp³-hybridized carbons (Fsp3) is 0.269. The molecule has 0 aromatic heterocycles. The highest BCUT2D eigenvalue weighted by Crippen LogP contribution is 2.56. The molecule has 9 rings (SSSR count). The number of benzene rings is 5. The van der Waals surface area contributed by atoms with Crippen molar-refractivity contribution in [1.82, 2.24) is 0 Å². The lowest BCUT2D eigenvalue weighted by atomic mass is 9.29. The number of para-hydroxylation sites is 2. The molecule has 2 aliphatic heterocycles. The first kappa shape index (κ1) is 35.4. The lowest BCUT2D eigenvalue weighted by molar-refractivity contribution is 0.168. The molecule has 0 bridgehead atoms. The van der Waals surface area contributed by atoms with Crippen LogP contribution in [0.2, 0.25) is 0 Å². The first-order chi connectivity index (χ1) is 26.4. The van der Waals surface area contributed by atoms with Gasteiger partial charge in [-0.1, -0.05) is 182 Å². The third kappa shape index (κ3) is 5.69. The summed E-state index contributed by atoms with van der Waals surface area (Å²) in [5.41, 5.74) is 18.7. The Hall–Kier alpha value is -5.28. The van der Waals surface area contributed by atoms with Crippen LogP contribution < -0.4 is 15.3 Å². The van der Waals surface area contributed by atoms with Gasteiger partial charge in [-0.05, 0) is 87.4 Å². The summed E-state index contributed by atoms with van der Waals surface area (Å²) in [7, 11) is 0. The number of allylic oxidation sites excluding steroid dienone is 6. The average molecular weight is 717 g/mol. The Morgan fingerprint density at radius 3 is 1.69 bits per heavy atom. The second kappa shape index (κ2) is 12.9. The highest BCUT2D eigenvalue weighted by molar-refractivity contribution is 6.90. The molecule has 5 aromatic carbocycles. The summed E-state index contributed by atoms with van der Waals surface area (Å²) in [6.45, 7) is 19.5. The summed E-state index contributed by atoms with van der Waals surface area (Å²) in [5, 5.41) is 0. The number of fused-ring (bicyclic) bond motifs is 3. The van der Waals surface area contributed by atoms with Gasteiger partial charge < -0.3 is 9.80 Å². The van der Waals surface area contributed by atoms with Crippen LogP contribution in [0.4, 0.5) is 22.7 Å². The van der Waals surface area contributed by atoms with E-state index >= 15 is 0 Å². The van der Waals surface area contributed by atoms with Crippen LogP contribution in [0.15, 0.2) is 174 Å². The van der Waals surface area contributed by atoms with Gasteiger partial charge in [0.25, 0.3) is 0 Å². The van der Waals surface area contributed by atoms with Crippen molar-refractivity contribution in [3.8, 4) is 22.3 Å². The fourth-order valence-electron chi connectivity index (χ4n) is 9.55. The van der Waals surface area contributed by atoms with Crippen LogP contribution in [-0.4, -0.2) is 6.71 Å². The zero-order valence-electron chi connectivity index (χ0n) is 33.8. The summed E-state index contributed by atoms with van der Waals surface area (Å²) in [5.74, 6) is 0.369. The highest BCUT2D eigenvalue weighted by atomic mass is 15.2. The molecule has 55 heavy (non-hydrogen) atoms. The normalized spacial score (nSPS) is 20.6. The molecule has 3 heteroatoms. The maximum atomic E-state index is 2.65. The van der Waals surface area contributed by atoms with Crippen LogP contribution in [0.25, 0.3) is 22.3 Å². The van der Waals surface area contributed by atoms with Crippen LogP contribution in [0.5, 0.6) is 0 Å². The second-order valence-electron chi connectivity index (χ2n) is 18.5. The summed E-state index contributed by atoms with van der Waals surface area (Å²) in [6, 6.07) is 47.0. The van der Waals surface area contributed by atoms with E-state index in [1.54, 1.807) is 5.47 Å². The van der Waals surface area contributed by atoms with Gasteiger partial charge in [0.1, 0.15) is 0 Å². The molecule has 0 N–H and O–H groups in total. The van der Waals surface area contributed by atoms with Crippen molar-refractivity contribution >= 4 is 34.9 Å². The van der Waals surface area contributed by atoms with E-state index in [4.69, 9.17) is 0 Å². The molecule has 4 aliphatic rings. The van der Waals surface area contributed by atoms with Gasteiger partial charge in [-0.3, -0.25) is 0 Å². The first-order valence-electron chi connectivity index (χ1n) is 20.3. The summed E-state index contributed by atoms with van der Waals surface area (Å²) < 4.78 is 0. The SMILES string of the molecule is CC1CC(C(C)(C)C)=CC2=C1B1C3=CCC(C)(C(C)(C)C)C=C3N(c3ccccc3-c3ccccc3)c3cccc(c31)N2c1ccccc1-c1ccccc1. The van der Waals surface area contributed by atoms with E-state index in [2.05, 4.69) is 211 Å². The van der Waals surface area contributed by atoms with Gasteiger partial charge in [0.15, 0.2) is 0 Å². The van der Waals surface area contributed by atoms with Crippen LogP contribution in [0.1, 0.15) is 68.2 Å². The number of hydrogen-bond donors (Lipinski definition) is 0. The Bertz CT molecular complexity index is 2440. The van der Waals surface area contributed by atoms with Gasteiger partial charge in [-0.15, -0.1) is 0 Å². The van der Waals surface area contributed by atoms with Crippen molar-refractivity contribution < 1.29 is 0 Å². The van der Waals surface area contributed by atoms with Crippen molar-refractivity contribution in [2.45, 2.75) is 68.2 Å². The third-order valence-corrected chi connectivity index (χ3v) is 13.2. The highest BCUT2D eigenvalue weighted by Gasteiger charge is 2.51. The molecule has 2 atom stereocenters. The molecule has 0 saturated carbocycles. The van der Waals surface area contributed by atoms with Gasteiger partial charge in [0.2, 0.25) is 6.71 Å². The largest absolute Gasteiger partial charge is 0.311 e. The standard InChI is InChI=1S/C52H53BN2/c1-35-32-38(50(2,3)4)33-46-48(35)53-41-30-31-52(8,51(5,6)7)34-47(41)55(43-27-18-16-25-40(43)37-22-13-10-14-23-37)45-29-19-28-44(49(45)53)54(46)42-26-17-15-24-39(42)36-20-11-9-12-21-36/h9-30,33-35H,31-32H2,1-8H3. The molecular weight excluding hydrogens is 663 g/mol. The van der Waals surface area contributed by atoms with Gasteiger partial charge >= 0.3 is 0 Å². The molecule has 0 spiro atoms. The van der Waals surface area contributed by atoms with Crippen molar-refractivity contribution in [1.29, 1.82) is 0 Å². The van der Waals surface area contributed by atoms with E-state index in [-0.39, 0.29) is 23.0 Å². The third-order valence-electron chi connectivity index (χ3n) is 13.2. The first-order valence-corrected chi connectivity index (χ1v) is 20.3. The maximum Gasteiger partial charge on any atom is 0.247 e. The molecule has 0 amide bonds. The average Bonchev–Trinajstić information content (AvgIpc) is 3.17. The van der Waals surface area contributed by atoms with E-state index in [0.29, 0.717) is 5.92 Å². The number of anilines is 4. The van der Waals surface area contributed by atoms with Gasteiger partial charge in [0, 0.05) is 33.9 Å². The molecule has 0 saturated heterocycles. The minimum absolute atomic E-state index is 0.0229. The Morgan fingerprint density at radius 2 is 1.13 bits per heavy atom. The van der Waals surface area contributed by atoms with Gasteiger partial charge in [-0.2, -0.15) is 0 Å². The van der Waals surface area contributed by atoms with E-state index in [9.17, 15) is 0 Å². The minimum atomic E-state index is -0.0229. The molecule has 274 valence electrons. The Kier molecular flexibility index (Phi) is 8.31. The number of nitrogens with zero attached hydrogens (tertiary/aromatic N) is 2. The molecule has 2 unspecified atom stereocenters. The molecule has 5 aromatic rings. The van der Waals surface area contributed by atoms with Crippen molar-refractivity contribution in [2.24, 2.45) is 22.2 Å². The van der Waals surface area contributed by atoms with Crippen molar-refractivity contribution in [2.75, 3.05) is 9.80 Å². The lowest BCUT2D eigenvalue weighted by Gasteiger charge is -2.52. The van der Waals surface area contributed by atoms with Crippen LogP contribution >= 0.6 is 0 Å². The lowest BCUT2D eigenvalue weighted by Crippen LogP contribution is -2.54. The monoisotopic (exact) mass is 716 g/mol. The molecular formula is C52H53BN2. The summed E-state index contributed by atoms with van der Waals surface area (Å²) >= 11 is 0. The molecule has 2 heterocycles. The summed E-state index contributed by atoms with van der Waals surface area (Å²) in [4.78, 5) is 5.26. The van der Waals surface area contributed by atoms with Crippen molar-refractivity contribution in [3.05, 3.63) is 174 Å². The molecule has 0 fully saturated rings. The predicted octanol–water partition coefficient (Wildman–Crippen LogP) is 13.6. The zero-order chi connectivity index (χ0) is 38.3. The zero-order valence-corrected chi connectivity index (χ0v) is 33.8. The number of rotatable bonds is 4. The van der Waals surface area contributed by atoms with E-state index < -0.39 is 0 Å². The maximum absolute atomic E-state index is 2.65. The van der Waals surface area contributed by atoms with Crippen molar-refractivity contribution in [3.63, 3.8) is 0 Å². The van der Waals surface area contributed by atoms with Gasteiger partial charge in [0.05, 0.1) is 11.4 Å². The van der Waals surface area contributed by atoms with E-state index in [1.165, 1.54) is 72.9 Å². The smallest absolute Gasteiger partial charge is 0.247 e. The summed E-state index contributed by atoms with van der Waals surface area (Å²) in [6.07, 6.45) is 9.95. The minimum Gasteiger partial charge on any atom is -0.311 e.